The molecule has 1 heterocycles. The van der Waals surface area contributed by atoms with Gasteiger partial charge in [0, 0.05) is 5.69 Å². The summed E-state index contributed by atoms with van der Waals surface area (Å²) in [5, 5.41) is 10.7. The van der Waals surface area contributed by atoms with E-state index in [1.807, 2.05) is 32.0 Å². The van der Waals surface area contributed by atoms with Crippen molar-refractivity contribution in [2.75, 3.05) is 11.1 Å². The minimum atomic E-state index is -0.435. The van der Waals surface area contributed by atoms with E-state index in [2.05, 4.69) is 15.5 Å². The van der Waals surface area contributed by atoms with Crippen molar-refractivity contribution in [3.8, 4) is 11.5 Å². The van der Waals surface area contributed by atoms with Crippen LogP contribution in [0.1, 0.15) is 11.1 Å². The van der Waals surface area contributed by atoms with Crippen LogP contribution in [0, 0.1) is 19.7 Å². The molecule has 7 heteroatoms. The molecule has 0 atom stereocenters. The second-order valence-corrected chi connectivity index (χ2v) is 6.42. The van der Waals surface area contributed by atoms with Crippen LogP contribution in [0.3, 0.4) is 0 Å². The Balaban J connectivity index is 1.59. The average molecular weight is 357 g/mol. The normalized spacial score (nSPS) is 10.7. The molecule has 0 saturated heterocycles. The highest BCUT2D eigenvalue weighted by Gasteiger charge is 2.14. The van der Waals surface area contributed by atoms with E-state index in [1.54, 1.807) is 18.2 Å². The summed E-state index contributed by atoms with van der Waals surface area (Å²) in [6.45, 7) is 4.00. The van der Waals surface area contributed by atoms with Crippen LogP contribution in [0.25, 0.3) is 11.5 Å². The highest BCUT2D eigenvalue weighted by molar-refractivity contribution is 7.99. The van der Waals surface area contributed by atoms with Crippen molar-refractivity contribution in [2.24, 2.45) is 0 Å². The van der Waals surface area contributed by atoms with E-state index >= 15 is 0 Å². The van der Waals surface area contributed by atoms with Gasteiger partial charge in [0.05, 0.1) is 11.3 Å². The van der Waals surface area contributed by atoms with Crippen molar-refractivity contribution >= 4 is 23.4 Å². The summed E-state index contributed by atoms with van der Waals surface area (Å²) in [6.07, 6.45) is 0. The SMILES string of the molecule is Cc1ccc(NC(=O)CSc2nnc(-c3ccccc3F)o2)cc1C. The van der Waals surface area contributed by atoms with Gasteiger partial charge in [0.1, 0.15) is 5.82 Å². The fourth-order valence-corrected chi connectivity index (χ4v) is 2.72. The quantitative estimate of drug-likeness (QED) is 0.692. The summed E-state index contributed by atoms with van der Waals surface area (Å²) >= 11 is 1.10. The Bertz CT molecular complexity index is 911. The van der Waals surface area contributed by atoms with Gasteiger partial charge in [0.25, 0.3) is 11.1 Å². The van der Waals surface area contributed by atoms with Gasteiger partial charge < -0.3 is 9.73 Å². The fourth-order valence-electron chi connectivity index (χ4n) is 2.16. The number of benzene rings is 2. The van der Waals surface area contributed by atoms with Crippen LogP contribution in [-0.2, 0) is 4.79 Å². The third-order valence-corrected chi connectivity index (χ3v) is 4.45. The lowest BCUT2D eigenvalue weighted by atomic mass is 10.1. The first-order valence-corrected chi connectivity index (χ1v) is 8.60. The van der Waals surface area contributed by atoms with E-state index in [4.69, 9.17) is 4.42 Å². The molecule has 0 aliphatic rings. The molecule has 0 aliphatic carbocycles. The highest BCUT2D eigenvalue weighted by atomic mass is 32.2. The number of halogens is 1. The Morgan fingerprint density at radius 2 is 1.96 bits per heavy atom. The molecule has 0 bridgehead atoms. The third kappa shape index (κ3) is 4.24. The molecule has 5 nitrogen and oxygen atoms in total. The Morgan fingerprint density at radius 3 is 2.72 bits per heavy atom. The molecule has 3 rings (SSSR count). The summed E-state index contributed by atoms with van der Waals surface area (Å²) in [4.78, 5) is 12.0. The minimum Gasteiger partial charge on any atom is -0.411 e. The lowest BCUT2D eigenvalue weighted by Gasteiger charge is -2.06. The van der Waals surface area contributed by atoms with Gasteiger partial charge in [0.2, 0.25) is 5.91 Å². The minimum absolute atomic E-state index is 0.0927. The second-order valence-electron chi connectivity index (χ2n) is 5.49. The molecule has 1 N–H and O–H groups in total. The van der Waals surface area contributed by atoms with Gasteiger partial charge in [0.15, 0.2) is 0 Å². The largest absolute Gasteiger partial charge is 0.411 e. The number of rotatable bonds is 5. The number of thioether (sulfide) groups is 1. The fraction of sp³-hybridized carbons (Fsp3) is 0.167. The molecule has 0 radical (unpaired) electrons. The number of carbonyl (C=O) groups excluding carboxylic acids is 1. The lowest BCUT2D eigenvalue weighted by molar-refractivity contribution is -0.113. The van der Waals surface area contributed by atoms with Crippen molar-refractivity contribution in [2.45, 2.75) is 19.1 Å². The van der Waals surface area contributed by atoms with Crippen LogP contribution in [0.5, 0.6) is 0 Å². The molecule has 0 spiro atoms. The first kappa shape index (κ1) is 17.2. The van der Waals surface area contributed by atoms with Gasteiger partial charge in [-0.2, -0.15) is 0 Å². The standard InChI is InChI=1S/C18H16FN3O2S/c1-11-7-8-13(9-12(11)2)20-16(23)10-25-18-22-21-17(24-18)14-5-3-4-6-15(14)19/h3-9H,10H2,1-2H3,(H,20,23). The number of aromatic nitrogens is 2. The second kappa shape index (κ2) is 7.48. The molecular formula is C18H16FN3O2S. The Labute approximate surface area is 148 Å². The Kier molecular flexibility index (Phi) is 5.14. The smallest absolute Gasteiger partial charge is 0.277 e. The number of hydrogen-bond donors (Lipinski definition) is 1. The zero-order valence-corrected chi connectivity index (χ0v) is 14.6. The van der Waals surface area contributed by atoms with Crippen molar-refractivity contribution in [3.05, 3.63) is 59.4 Å². The molecule has 0 fully saturated rings. The van der Waals surface area contributed by atoms with E-state index in [1.165, 1.54) is 11.6 Å². The zero-order valence-electron chi connectivity index (χ0n) is 13.7. The van der Waals surface area contributed by atoms with Gasteiger partial charge in [-0.3, -0.25) is 4.79 Å². The van der Waals surface area contributed by atoms with Gasteiger partial charge >= 0.3 is 0 Å². The molecular weight excluding hydrogens is 341 g/mol. The van der Waals surface area contributed by atoms with Crippen LogP contribution in [0.15, 0.2) is 52.1 Å². The highest BCUT2D eigenvalue weighted by Crippen LogP contribution is 2.25. The van der Waals surface area contributed by atoms with Crippen molar-refractivity contribution in [1.82, 2.24) is 10.2 Å². The van der Waals surface area contributed by atoms with Gasteiger partial charge in [-0.05, 0) is 49.2 Å². The van der Waals surface area contributed by atoms with Crippen LogP contribution in [-0.4, -0.2) is 21.9 Å². The van der Waals surface area contributed by atoms with E-state index in [0.29, 0.717) is 0 Å². The number of aryl methyl sites for hydroxylation is 2. The molecule has 128 valence electrons. The topological polar surface area (TPSA) is 68.0 Å². The lowest BCUT2D eigenvalue weighted by Crippen LogP contribution is -2.14. The summed E-state index contributed by atoms with van der Waals surface area (Å²) in [7, 11) is 0. The zero-order chi connectivity index (χ0) is 17.8. The molecule has 0 aliphatic heterocycles. The van der Waals surface area contributed by atoms with Crippen LogP contribution in [0.4, 0.5) is 10.1 Å². The van der Waals surface area contributed by atoms with Crippen molar-refractivity contribution in [1.29, 1.82) is 0 Å². The average Bonchev–Trinajstić information content (AvgIpc) is 3.05. The van der Waals surface area contributed by atoms with E-state index in [-0.39, 0.29) is 28.3 Å². The van der Waals surface area contributed by atoms with E-state index < -0.39 is 5.82 Å². The maximum absolute atomic E-state index is 13.7. The summed E-state index contributed by atoms with van der Waals surface area (Å²) in [5.74, 6) is -0.407. The van der Waals surface area contributed by atoms with E-state index in [9.17, 15) is 9.18 Å². The maximum atomic E-state index is 13.7. The Morgan fingerprint density at radius 1 is 1.16 bits per heavy atom. The summed E-state index contributed by atoms with van der Waals surface area (Å²) in [5.41, 5.74) is 3.25. The van der Waals surface area contributed by atoms with Gasteiger partial charge in [-0.25, -0.2) is 4.39 Å². The molecule has 1 aromatic heterocycles. The Hall–Kier alpha value is -2.67. The molecule has 25 heavy (non-hydrogen) atoms. The number of nitrogens with one attached hydrogen (secondary N) is 1. The van der Waals surface area contributed by atoms with Gasteiger partial charge in [-0.15, -0.1) is 10.2 Å². The summed E-state index contributed by atoms with van der Waals surface area (Å²) in [6, 6.07) is 11.9. The van der Waals surface area contributed by atoms with Gasteiger partial charge in [-0.1, -0.05) is 30.0 Å². The molecule has 3 aromatic rings. The number of amides is 1. The predicted molar refractivity (Wildman–Crippen MR) is 95.0 cm³/mol. The van der Waals surface area contributed by atoms with Crippen LogP contribution >= 0.6 is 11.8 Å². The van der Waals surface area contributed by atoms with E-state index in [0.717, 1.165) is 23.0 Å². The first-order chi connectivity index (χ1) is 12.0. The summed E-state index contributed by atoms with van der Waals surface area (Å²) < 4.78 is 19.1. The maximum Gasteiger partial charge on any atom is 0.277 e. The molecule has 1 amide bonds. The van der Waals surface area contributed by atoms with Crippen molar-refractivity contribution < 1.29 is 13.6 Å². The predicted octanol–water partition coefficient (Wildman–Crippen LogP) is 4.22. The first-order valence-electron chi connectivity index (χ1n) is 7.61. The number of carbonyl (C=O) groups is 1. The third-order valence-electron chi connectivity index (χ3n) is 3.63. The molecule has 2 aromatic carbocycles. The number of nitrogens with zero attached hydrogens (tertiary/aromatic N) is 2. The van der Waals surface area contributed by atoms with Crippen LogP contribution in [0.2, 0.25) is 0 Å². The number of anilines is 1. The van der Waals surface area contributed by atoms with Crippen molar-refractivity contribution in [3.63, 3.8) is 0 Å². The molecule has 0 saturated carbocycles. The molecule has 0 unspecified atom stereocenters. The van der Waals surface area contributed by atoms with Crippen LogP contribution < -0.4 is 5.32 Å². The number of hydrogen-bond acceptors (Lipinski definition) is 5. The monoisotopic (exact) mass is 357 g/mol.